The Labute approximate surface area is 145 Å². The van der Waals surface area contributed by atoms with Crippen LogP contribution in [0.4, 0.5) is 5.95 Å². The Morgan fingerprint density at radius 1 is 0.958 bits per heavy atom. The standard InChI is InChI=1S/C17H20N6S/c1-2-5-15(6-3-1)23-17(18-19-20-23)22-12-10-21(11-13-22)9-8-16-7-4-14-24-16/h1-7,14H,8-13H2. The molecule has 0 spiro atoms. The molecule has 24 heavy (non-hydrogen) atoms. The van der Waals surface area contributed by atoms with Gasteiger partial charge in [0.05, 0.1) is 5.69 Å². The first kappa shape index (κ1) is 15.3. The van der Waals surface area contributed by atoms with Crippen molar-refractivity contribution in [3.63, 3.8) is 0 Å². The molecule has 0 unspecified atom stereocenters. The van der Waals surface area contributed by atoms with Gasteiger partial charge in [-0.05, 0) is 40.4 Å². The van der Waals surface area contributed by atoms with Gasteiger partial charge in [-0.25, -0.2) is 0 Å². The highest BCUT2D eigenvalue weighted by molar-refractivity contribution is 7.09. The monoisotopic (exact) mass is 340 g/mol. The van der Waals surface area contributed by atoms with Crippen LogP contribution in [-0.4, -0.2) is 57.8 Å². The predicted molar refractivity (Wildman–Crippen MR) is 95.8 cm³/mol. The predicted octanol–water partition coefficient (Wildman–Crippen LogP) is 2.09. The van der Waals surface area contributed by atoms with E-state index in [4.69, 9.17) is 0 Å². The first-order chi connectivity index (χ1) is 11.9. The van der Waals surface area contributed by atoms with Gasteiger partial charge in [-0.3, -0.25) is 4.90 Å². The third-order valence-corrected chi connectivity index (χ3v) is 5.30. The summed E-state index contributed by atoms with van der Waals surface area (Å²) in [5, 5.41) is 14.4. The maximum Gasteiger partial charge on any atom is 0.250 e. The van der Waals surface area contributed by atoms with Crippen molar-refractivity contribution in [3.05, 3.63) is 52.7 Å². The zero-order valence-electron chi connectivity index (χ0n) is 13.5. The molecule has 0 amide bonds. The van der Waals surface area contributed by atoms with Gasteiger partial charge in [0.15, 0.2) is 0 Å². The molecule has 0 N–H and O–H groups in total. The summed E-state index contributed by atoms with van der Waals surface area (Å²) in [4.78, 5) is 6.26. The zero-order chi connectivity index (χ0) is 16.2. The number of hydrogen-bond acceptors (Lipinski definition) is 6. The molecule has 1 fully saturated rings. The number of benzene rings is 1. The number of para-hydroxylation sites is 1. The second-order valence-electron chi connectivity index (χ2n) is 5.88. The van der Waals surface area contributed by atoms with E-state index in [9.17, 15) is 0 Å². The summed E-state index contributed by atoms with van der Waals surface area (Å²) in [7, 11) is 0. The average molecular weight is 340 g/mol. The second kappa shape index (κ2) is 7.11. The molecule has 3 heterocycles. The molecule has 0 radical (unpaired) electrons. The number of hydrogen-bond donors (Lipinski definition) is 0. The van der Waals surface area contributed by atoms with Crippen molar-refractivity contribution in [2.75, 3.05) is 37.6 Å². The van der Waals surface area contributed by atoms with Crippen LogP contribution >= 0.6 is 11.3 Å². The van der Waals surface area contributed by atoms with E-state index >= 15 is 0 Å². The Balaban J connectivity index is 1.37. The van der Waals surface area contributed by atoms with Crippen molar-refractivity contribution in [1.82, 2.24) is 25.1 Å². The number of thiophene rings is 1. The summed E-state index contributed by atoms with van der Waals surface area (Å²) in [5.74, 6) is 0.833. The Morgan fingerprint density at radius 2 is 1.79 bits per heavy atom. The molecule has 0 aliphatic carbocycles. The maximum absolute atomic E-state index is 4.24. The van der Waals surface area contributed by atoms with E-state index in [-0.39, 0.29) is 0 Å². The largest absolute Gasteiger partial charge is 0.337 e. The lowest BCUT2D eigenvalue weighted by atomic mass is 10.2. The Morgan fingerprint density at radius 3 is 2.54 bits per heavy atom. The zero-order valence-corrected chi connectivity index (χ0v) is 14.3. The van der Waals surface area contributed by atoms with Gasteiger partial charge in [-0.1, -0.05) is 29.4 Å². The topological polar surface area (TPSA) is 50.1 Å². The number of rotatable bonds is 5. The summed E-state index contributed by atoms with van der Waals surface area (Å²) in [6, 6.07) is 14.4. The first-order valence-corrected chi connectivity index (χ1v) is 9.11. The van der Waals surface area contributed by atoms with Gasteiger partial charge in [0.2, 0.25) is 5.95 Å². The van der Waals surface area contributed by atoms with E-state index < -0.39 is 0 Å². The molecule has 1 aliphatic rings. The molecular weight excluding hydrogens is 320 g/mol. The highest BCUT2D eigenvalue weighted by atomic mass is 32.1. The fraction of sp³-hybridized carbons (Fsp3) is 0.353. The molecule has 124 valence electrons. The molecule has 0 bridgehead atoms. The minimum absolute atomic E-state index is 0.833. The lowest BCUT2D eigenvalue weighted by Crippen LogP contribution is -2.47. The molecule has 1 saturated heterocycles. The molecule has 2 aromatic heterocycles. The van der Waals surface area contributed by atoms with Crippen molar-refractivity contribution in [2.24, 2.45) is 0 Å². The van der Waals surface area contributed by atoms with E-state index in [0.29, 0.717) is 0 Å². The van der Waals surface area contributed by atoms with Crippen molar-refractivity contribution < 1.29 is 0 Å². The van der Waals surface area contributed by atoms with Gasteiger partial charge in [0, 0.05) is 37.6 Å². The minimum Gasteiger partial charge on any atom is -0.337 e. The molecule has 1 aliphatic heterocycles. The van der Waals surface area contributed by atoms with Gasteiger partial charge in [-0.2, -0.15) is 4.68 Å². The van der Waals surface area contributed by atoms with Crippen LogP contribution in [0.1, 0.15) is 4.88 Å². The lowest BCUT2D eigenvalue weighted by Gasteiger charge is -2.34. The molecular formula is C17H20N6S. The van der Waals surface area contributed by atoms with Crippen molar-refractivity contribution >= 4 is 17.3 Å². The minimum atomic E-state index is 0.833. The third-order valence-electron chi connectivity index (χ3n) is 4.36. The molecule has 0 saturated carbocycles. The van der Waals surface area contributed by atoms with Gasteiger partial charge < -0.3 is 4.90 Å². The summed E-state index contributed by atoms with van der Waals surface area (Å²) >= 11 is 1.84. The molecule has 4 rings (SSSR count). The van der Waals surface area contributed by atoms with Gasteiger partial charge in [0.1, 0.15) is 0 Å². The molecule has 7 heteroatoms. The van der Waals surface area contributed by atoms with E-state index in [2.05, 4.69) is 42.8 Å². The average Bonchev–Trinajstić information content (AvgIpc) is 3.33. The molecule has 0 atom stereocenters. The number of aromatic nitrogens is 4. The summed E-state index contributed by atoms with van der Waals surface area (Å²) in [6.07, 6.45) is 1.14. The SMILES string of the molecule is c1ccc(-n2nnnc2N2CCN(CCc3cccs3)CC2)cc1. The smallest absolute Gasteiger partial charge is 0.250 e. The molecule has 6 nitrogen and oxygen atoms in total. The van der Waals surface area contributed by atoms with Crippen LogP contribution in [0, 0.1) is 0 Å². The van der Waals surface area contributed by atoms with E-state index in [1.807, 2.05) is 46.4 Å². The molecule has 3 aromatic rings. The normalized spacial score (nSPS) is 15.8. The fourth-order valence-corrected chi connectivity index (χ4v) is 3.71. The van der Waals surface area contributed by atoms with E-state index in [1.54, 1.807) is 0 Å². The fourth-order valence-electron chi connectivity index (χ4n) is 3.01. The highest BCUT2D eigenvalue weighted by Crippen LogP contribution is 2.17. The number of piperazine rings is 1. The van der Waals surface area contributed by atoms with Crippen molar-refractivity contribution in [1.29, 1.82) is 0 Å². The molecule has 1 aromatic carbocycles. The second-order valence-corrected chi connectivity index (χ2v) is 6.92. The highest BCUT2D eigenvalue weighted by Gasteiger charge is 2.22. The van der Waals surface area contributed by atoms with Crippen LogP contribution < -0.4 is 4.90 Å². The number of tetrazole rings is 1. The number of anilines is 1. The van der Waals surface area contributed by atoms with Crippen LogP contribution in [0.3, 0.4) is 0 Å². The van der Waals surface area contributed by atoms with Crippen LogP contribution in [0.15, 0.2) is 47.8 Å². The summed E-state index contributed by atoms with van der Waals surface area (Å²) in [5.41, 5.74) is 0.998. The summed E-state index contributed by atoms with van der Waals surface area (Å²) in [6.45, 7) is 5.13. The Hall–Kier alpha value is -2.25. The third kappa shape index (κ3) is 3.32. The van der Waals surface area contributed by atoms with Crippen LogP contribution in [0.2, 0.25) is 0 Å². The van der Waals surface area contributed by atoms with Gasteiger partial charge in [0.25, 0.3) is 0 Å². The quantitative estimate of drug-likeness (QED) is 0.712. The Kier molecular flexibility index (Phi) is 4.53. The Bertz CT molecular complexity index is 747. The van der Waals surface area contributed by atoms with Crippen LogP contribution in [0.5, 0.6) is 0 Å². The van der Waals surface area contributed by atoms with Gasteiger partial charge in [-0.15, -0.1) is 11.3 Å². The number of nitrogens with zero attached hydrogens (tertiary/aromatic N) is 6. The van der Waals surface area contributed by atoms with Gasteiger partial charge >= 0.3 is 0 Å². The van der Waals surface area contributed by atoms with Crippen LogP contribution in [0.25, 0.3) is 5.69 Å². The maximum atomic E-state index is 4.24. The van der Waals surface area contributed by atoms with E-state index in [1.165, 1.54) is 4.88 Å². The van der Waals surface area contributed by atoms with E-state index in [0.717, 1.165) is 50.8 Å². The van der Waals surface area contributed by atoms with Crippen molar-refractivity contribution in [2.45, 2.75) is 6.42 Å². The lowest BCUT2D eigenvalue weighted by molar-refractivity contribution is 0.260. The first-order valence-electron chi connectivity index (χ1n) is 8.23. The van der Waals surface area contributed by atoms with Crippen molar-refractivity contribution in [3.8, 4) is 5.69 Å². The summed E-state index contributed by atoms with van der Waals surface area (Å²) < 4.78 is 1.82. The van der Waals surface area contributed by atoms with Crippen LogP contribution in [-0.2, 0) is 6.42 Å².